The van der Waals surface area contributed by atoms with Gasteiger partial charge in [-0.1, -0.05) is 27.7 Å². The molecule has 1 saturated carbocycles. The number of sulfone groups is 1. The van der Waals surface area contributed by atoms with Crippen LogP contribution in [0, 0.1) is 16.7 Å². The standard InChI is InChI=1S/C15H29NO2S/c1-14(2)7-13(8-15(3,4)11-14)16-9-12-5-6-19(17,18)10-12/h12-13,16H,5-11H2,1-4H3. The van der Waals surface area contributed by atoms with E-state index in [9.17, 15) is 8.42 Å². The lowest BCUT2D eigenvalue weighted by Gasteiger charge is -2.45. The molecule has 0 bridgehead atoms. The quantitative estimate of drug-likeness (QED) is 0.868. The van der Waals surface area contributed by atoms with E-state index in [1.165, 1.54) is 19.3 Å². The third-order valence-corrected chi connectivity index (χ3v) is 6.41. The first-order valence-corrected chi connectivity index (χ1v) is 9.33. The maximum atomic E-state index is 11.5. The normalized spacial score (nSPS) is 33.4. The smallest absolute Gasteiger partial charge is 0.150 e. The van der Waals surface area contributed by atoms with Crippen molar-refractivity contribution in [2.24, 2.45) is 16.7 Å². The van der Waals surface area contributed by atoms with Gasteiger partial charge in [0.1, 0.15) is 0 Å². The zero-order valence-electron chi connectivity index (χ0n) is 12.8. The number of rotatable bonds is 3. The van der Waals surface area contributed by atoms with Gasteiger partial charge in [-0.15, -0.1) is 0 Å². The predicted octanol–water partition coefficient (Wildman–Crippen LogP) is 2.62. The van der Waals surface area contributed by atoms with Gasteiger partial charge < -0.3 is 5.32 Å². The Balaban J connectivity index is 1.86. The minimum Gasteiger partial charge on any atom is -0.314 e. The van der Waals surface area contributed by atoms with Crippen molar-refractivity contribution >= 4 is 9.84 Å². The Bertz CT molecular complexity index is 409. The van der Waals surface area contributed by atoms with Gasteiger partial charge in [0, 0.05) is 6.04 Å². The molecule has 112 valence electrons. The van der Waals surface area contributed by atoms with E-state index in [0.717, 1.165) is 13.0 Å². The topological polar surface area (TPSA) is 46.2 Å². The molecule has 2 aliphatic rings. The number of hydrogen-bond acceptors (Lipinski definition) is 3. The molecule has 3 nitrogen and oxygen atoms in total. The van der Waals surface area contributed by atoms with Gasteiger partial charge in [0.25, 0.3) is 0 Å². The molecule has 0 radical (unpaired) electrons. The van der Waals surface area contributed by atoms with E-state index in [-0.39, 0.29) is 0 Å². The van der Waals surface area contributed by atoms with Crippen LogP contribution in [0.3, 0.4) is 0 Å². The third-order valence-electron chi connectivity index (χ3n) is 4.58. The molecular formula is C15H29NO2S. The first kappa shape index (κ1) is 15.3. The first-order chi connectivity index (χ1) is 8.57. The van der Waals surface area contributed by atoms with E-state index in [2.05, 4.69) is 33.0 Å². The van der Waals surface area contributed by atoms with Crippen LogP contribution in [0.4, 0.5) is 0 Å². The molecule has 2 rings (SSSR count). The van der Waals surface area contributed by atoms with Crippen LogP contribution in [0.1, 0.15) is 53.4 Å². The van der Waals surface area contributed by atoms with Crippen LogP contribution >= 0.6 is 0 Å². The van der Waals surface area contributed by atoms with Gasteiger partial charge >= 0.3 is 0 Å². The Labute approximate surface area is 118 Å². The molecule has 4 heteroatoms. The molecule has 19 heavy (non-hydrogen) atoms. The van der Waals surface area contributed by atoms with Crippen LogP contribution in [0.25, 0.3) is 0 Å². The van der Waals surface area contributed by atoms with Gasteiger partial charge in [0.15, 0.2) is 9.84 Å². The van der Waals surface area contributed by atoms with Crippen molar-refractivity contribution in [1.29, 1.82) is 0 Å². The molecule has 1 unspecified atom stereocenters. The van der Waals surface area contributed by atoms with Crippen molar-refractivity contribution < 1.29 is 8.42 Å². The van der Waals surface area contributed by atoms with E-state index in [0.29, 0.717) is 34.3 Å². The van der Waals surface area contributed by atoms with Crippen molar-refractivity contribution in [3.05, 3.63) is 0 Å². The molecule has 1 aliphatic heterocycles. The largest absolute Gasteiger partial charge is 0.314 e. The van der Waals surface area contributed by atoms with E-state index in [1.807, 2.05) is 0 Å². The Morgan fingerprint density at radius 3 is 2.16 bits per heavy atom. The van der Waals surface area contributed by atoms with Gasteiger partial charge in [-0.2, -0.15) is 0 Å². The van der Waals surface area contributed by atoms with Gasteiger partial charge in [0.2, 0.25) is 0 Å². The van der Waals surface area contributed by atoms with Gasteiger partial charge in [-0.05, 0) is 49.0 Å². The van der Waals surface area contributed by atoms with Gasteiger partial charge in [-0.3, -0.25) is 0 Å². The summed E-state index contributed by atoms with van der Waals surface area (Å²) >= 11 is 0. The Morgan fingerprint density at radius 2 is 1.68 bits per heavy atom. The summed E-state index contributed by atoms with van der Waals surface area (Å²) in [6, 6.07) is 0.544. The summed E-state index contributed by atoms with van der Waals surface area (Å²) in [5.74, 6) is 1.11. The molecule has 1 heterocycles. The minimum absolute atomic E-state index is 0.332. The lowest BCUT2D eigenvalue weighted by molar-refractivity contribution is 0.0838. The van der Waals surface area contributed by atoms with Crippen LogP contribution in [-0.4, -0.2) is 32.5 Å². The van der Waals surface area contributed by atoms with E-state index >= 15 is 0 Å². The summed E-state index contributed by atoms with van der Waals surface area (Å²) < 4.78 is 22.9. The zero-order chi connectivity index (χ0) is 14.3. The molecule has 1 N–H and O–H groups in total. The highest BCUT2D eigenvalue weighted by molar-refractivity contribution is 7.91. The van der Waals surface area contributed by atoms with Crippen LogP contribution < -0.4 is 5.32 Å². The van der Waals surface area contributed by atoms with Crippen LogP contribution in [0.5, 0.6) is 0 Å². The second kappa shape index (κ2) is 5.03. The van der Waals surface area contributed by atoms with Crippen molar-refractivity contribution in [3.8, 4) is 0 Å². The fourth-order valence-corrected chi connectivity index (χ4v) is 6.22. The SMILES string of the molecule is CC1(C)CC(NCC2CCS(=O)(=O)C2)CC(C)(C)C1. The van der Waals surface area contributed by atoms with E-state index in [4.69, 9.17) is 0 Å². The van der Waals surface area contributed by atoms with Crippen LogP contribution in [0.15, 0.2) is 0 Å². The molecular weight excluding hydrogens is 258 g/mol. The van der Waals surface area contributed by atoms with Gasteiger partial charge in [-0.25, -0.2) is 8.42 Å². The number of nitrogens with one attached hydrogen (secondary N) is 1. The predicted molar refractivity (Wildman–Crippen MR) is 80.0 cm³/mol. The molecule has 0 aromatic rings. The lowest BCUT2D eigenvalue weighted by Crippen LogP contribution is -2.45. The fourth-order valence-electron chi connectivity index (χ4n) is 4.36. The van der Waals surface area contributed by atoms with Crippen molar-refractivity contribution in [3.63, 3.8) is 0 Å². The molecule has 0 aromatic heterocycles. The highest BCUT2D eigenvalue weighted by atomic mass is 32.2. The summed E-state index contributed by atoms with van der Waals surface area (Å²) in [5.41, 5.74) is 0.780. The molecule has 0 spiro atoms. The maximum absolute atomic E-state index is 11.5. The third kappa shape index (κ3) is 4.45. The highest BCUT2D eigenvalue weighted by Gasteiger charge is 2.38. The summed E-state index contributed by atoms with van der Waals surface area (Å²) in [5, 5.41) is 3.65. The Kier molecular flexibility index (Phi) is 4.05. The summed E-state index contributed by atoms with van der Waals surface area (Å²) in [7, 11) is -2.73. The monoisotopic (exact) mass is 287 g/mol. The Hall–Kier alpha value is -0.0900. The Morgan fingerprint density at radius 1 is 1.11 bits per heavy atom. The van der Waals surface area contributed by atoms with E-state index < -0.39 is 9.84 Å². The maximum Gasteiger partial charge on any atom is 0.150 e. The average molecular weight is 287 g/mol. The van der Waals surface area contributed by atoms with Crippen LogP contribution in [-0.2, 0) is 9.84 Å². The van der Waals surface area contributed by atoms with Crippen molar-refractivity contribution in [1.82, 2.24) is 5.32 Å². The average Bonchev–Trinajstić information content (AvgIpc) is 2.50. The minimum atomic E-state index is -2.73. The van der Waals surface area contributed by atoms with E-state index in [1.54, 1.807) is 0 Å². The van der Waals surface area contributed by atoms with Crippen molar-refractivity contribution in [2.45, 2.75) is 59.4 Å². The fraction of sp³-hybridized carbons (Fsp3) is 1.00. The molecule has 2 fully saturated rings. The summed E-state index contributed by atoms with van der Waals surface area (Å²) in [6.45, 7) is 10.3. The van der Waals surface area contributed by atoms with Crippen LogP contribution in [0.2, 0.25) is 0 Å². The molecule has 0 aromatic carbocycles. The summed E-state index contributed by atoms with van der Waals surface area (Å²) in [6.07, 6.45) is 4.52. The number of hydrogen-bond donors (Lipinski definition) is 1. The lowest BCUT2D eigenvalue weighted by atomic mass is 9.63. The molecule has 1 atom stereocenters. The second-order valence-corrected chi connectivity index (χ2v) is 10.5. The zero-order valence-corrected chi connectivity index (χ0v) is 13.6. The summed E-state index contributed by atoms with van der Waals surface area (Å²) in [4.78, 5) is 0. The molecule has 0 amide bonds. The second-order valence-electron chi connectivity index (χ2n) is 8.29. The molecule has 1 saturated heterocycles. The van der Waals surface area contributed by atoms with Gasteiger partial charge in [0.05, 0.1) is 11.5 Å². The molecule has 1 aliphatic carbocycles. The highest BCUT2D eigenvalue weighted by Crippen LogP contribution is 2.45. The van der Waals surface area contributed by atoms with Crippen molar-refractivity contribution in [2.75, 3.05) is 18.1 Å². The first-order valence-electron chi connectivity index (χ1n) is 7.51.